The molecule has 0 bridgehead atoms. The molecule has 138 valence electrons. The molecule has 0 aromatic heterocycles. The fraction of sp³-hybridized carbons (Fsp3) is 0.632. The van der Waals surface area contributed by atoms with Gasteiger partial charge in [0.1, 0.15) is 0 Å². The van der Waals surface area contributed by atoms with Gasteiger partial charge in [-0.3, -0.25) is 9.69 Å². The van der Waals surface area contributed by atoms with Gasteiger partial charge in [0.2, 0.25) is 5.91 Å². The molecule has 25 heavy (non-hydrogen) atoms. The third kappa shape index (κ3) is 4.64. The molecular weight excluding hydrogens is 320 g/mol. The van der Waals surface area contributed by atoms with E-state index in [9.17, 15) is 4.79 Å². The Labute approximate surface area is 149 Å². The van der Waals surface area contributed by atoms with E-state index in [2.05, 4.69) is 22.3 Å². The van der Waals surface area contributed by atoms with Crippen molar-refractivity contribution in [2.45, 2.75) is 38.3 Å². The summed E-state index contributed by atoms with van der Waals surface area (Å²) in [6, 6.07) is 6.45. The van der Waals surface area contributed by atoms with Crippen LogP contribution in [-0.4, -0.2) is 56.9 Å². The number of fused-ring (bicyclic) bond motifs is 1. The lowest BCUT2D eigenvalue weighted by Gasteiger charge is -2.25. The Hall–Kier alpha value is -1.79. The van der Waals surface area contributed by atoms with E-state index in [1.54, 1.807) is 7.11 Å². The summed E-state index contributed by atoms with van der Waals surface area (Å²) in [5.74, 6) is 1.68. The Morgan fingerprint density at radius 2 is 2.12 bits per heavy atom. The van der Waals surface area contributed by atoms with E-state index in [1.165, 1.54) is 5.56 Å². The fourth-order valence-corrected chi connectivity index (χ4v) is 3.58. The number of rotatable bonds is 6. The number of carbonyl (C=O) groups is 1. The van der Waals surface area contributed by atoms with Gasteiger partial charge < -0.3 is 19.5 Å². The van der Waals surface area contributed by atoms with Crippen LogP contribution in [0.1, 0.15) is 37.8 Å². The molecule has 1 fully saturated rings. The monoisotopic (exact) mass is 348 g/mol. The van der Waals surface area contributed by atoms with Crippen molar-refractivity contribution in [1.82, 2.24) is 10.2 Å². The van der Waals surface area contributed by atoms with E-state index in [-0.39, 0.29) is 18.0 Å². The third-order valence-electron chi connectivity index (χ3n) is 4.69. The van der Waals surface area contributed by atoms with Crippen molar-refractivity contribution in [2.75, 3.05) is 40.0 Å². The number of ether oxygens (including phenoxy) is 3. The predicted molar refractivity (Wildman–Crippen MR) is 95.1 cm³/mol. The van der Waals surface area contributed by atoms with Crippen molar-refractivity contribution in [1.29, 1.82) is 0 Å². The van der Waals surface area contributed by atoms with E-state index in [4.69, 9.17) is 14.2 Å². The molecule has 6 nitrogen and oxygen atoms in total. The van der Waals surface area contributed by atoms with Crippen LogP contribution in [0.3, 0.4) is 0 Å². The van der Waals surface area contributed by atoms with Gasteiger partial charge in [0.05, 0.1) is 26.4 Å². The lowest BCUT2D eigenvalue weighted by atomic mass is 10.0. The van der Waals surface area contributed by atoms with Gasteiger partial charge in [0, 0.05) is 25.6 Å². The highest BCUT2D eigenvalue weighted by molar-refractivity contribution is 5.78. The van der Waals surface area contributed by atoms with Gasteiger partial charge >= 0.3 is 0 Å². The number of methoxy groups -OCH3 is 1. The van der Waals surface area contributed by atoms with E-state index < -0.39 is 0 Å². The first-order valence-electron chi connectivity index (χ1n) is 9.09. The summed E-state index contributed by atoms with van der Waals surface area (Å²) < 4.78 is 16.6. The third-order valence-corrected chi connectivity index (χ3v) is 4.69. The van der Waals surface area contributed by atoms with E-state index in [0.29, 0.717) is 26.4 Å². The Balaban J connectivity index is 1.65. The highest BCUT2D eigenvalue weighted by atomic mass is 16.5. The maximum atomic E-state index is 12.3. The van der Waals surface area contributed by atoms with Crippen LogP contribution in [0.15, 0.2) is 18.2 Å². The maximum Gasteiger partial charge on any atom is 0.234 e. The van der Waals surface area contributed by atoms with Gasteiger partial charge in [0.15, 0.2) is 11.5 Å². The molecule has 2 aliphatic heterocycles. The molecule has 1 aromatic carbocycles. The van der Waals surface area contributed by atoms with Crippen molar-refractivity contribution < 1.29 is 19.0 Å². The second-order valence-corrected chi connectivity index (χ2v) is 6.81. The number of nitrogens with zero attached hydrogens (tertiary/aromatic N) is 1. The minimum Gasteiger partial charge on any atom is -0.490 e. The van der Waals surface area contributed by atoms with Crippen molar-refractivity contribution in [3.63, 3.8) is 0 Å². The lowest BCUT2D eigenvalue weighted by Crippen LogP contribution is -2.42. The van der Waals surface area contributed by atoms with Crippen molar-refractivity contribution in [3.8, 4) is 11.5 Å². The van der Waals surface area contributed by atoms with E-state index in [1.807, 2.05) is 13.0 Å². The first kappa shape index (κ1) is 18.0. The van der Waals surface area contributed by atoms with Gasteiger partial charge in [-0.2, -0.15) is 0 Å². The van der Waals surface area contributed by atoms with Gasteiger partial charge in [-0.1, -0.05) is 6.07 Å². The summed E-state index contributed by atoms with van der Waals surface area (Å²) in [5, 5.41) is 2.99. The molecule has 3 rings (SSSR count). The molecule has 1 amide bonds. The summed E-state index contributed by atoms with van der Waals surface area (Å²) in [6.45, 7) is 5.20. The zero-order chi connectivity index (χ0) is 17.6. The molecule has 1 aromatic rings. The molecule has 0 spiro atoms. The average Bonchev–Trinajstić information content (AvgIpc) is 2.90. The Morgan fingerprint density at radius 3 is 2.92 bits per heavy atom. The molecule has 0 radical (unpaired) electrons. The minimum absolute atomic E-state index is 0.0246. The molecule has 0 saturated carbocycles. The molecule has 2 atom stereocenters. The normalized spacial score (nSPS) is 21.6. The van der Waals surface area contributed by atoms with Crippen LogP contribution in [0, 0.1) is 0 Å². The number of likely N-dealkylation sites (tertiary alicyclic amines) is 1. The average molecular weight is 348 g/mol. The smallest absolute Gasteiger partial charge is 0.234 e. The fourth-order valence-electron chi connectivity index (χ4n) is 3.58. The Morgan fingerprint density at radius 1 is 1.32 bits per heavy atom. The van der Waals surface area contributed by atoms with Gasteiger partial charge in [0.25, 0.3) is 0 Å². The Bertz CT molecular complexity index is 593. The van der Waals surface area contributed by atoms with Crippen LogP contribution in [-0.2, 0) is 9.53 Å². The van der Waals surface area contributed by atoms with E-state index in [0.717, 1.165) is 37.3 Å². The van der Waals surface area contributed by atoms with Gasteiger partial charge in [-0.15, -0.1) is 0 Å². The molecule has 2 heterocycles. The number of nitrogens with one attached hydrogen (secondary N) is 1. The first-order valence-corrected chi connectivity index (χ1v) is 9.09. The summed E-state index contributed by atoms with van der Waals surface area (Å²) in [7, 11) is 1.64. The molecule has 2 unspecified atom stereocenters. The quantitative estimate of drug-likeness (QED) is 0.853. The summed E-state index contributed by atoms with van der Waals surface area (Å²) in [5.41, 5.74) is 1.19. The van der Waals surface area contributed by atoms with E-state index >= 15 is 0 Å². The Kier molecular flexibility index (Phi) is 6.15. The number of carbonyl (C=O) groups excluding carboxylic acids is 1. The van der Waals surface area contributed by atoms with Crippen molar-refractivity contribution >= 4 is 5.91 Å². The second kappa shape index (κ2) is 8.54. The lowest BCUT2D eigenvalue weighted by molar-refractivity contribution is -0.123. The van der Waals surface area contributed by atoms with Crippen LogP contribution in [0.25, 0.3) is 0 Å². The number of benzene rings is 1. The molecule has 1 N–H and O–H groups in total. The predicted octanol–water partition coefficient (Wildman–Crippen LogP) is 2.14. The first-order chi connectivity index (χ1) is 12.2. The van der Waals surface area contributed by atoms with Crippen LogP contribution in [0.2, 0.25) is 0 Å². The molecule has 0 aliphatic carbocycles. The molecule has 2 aliphatic rings. The number of amides is 1. The number of hydrogen-bond acceptors (Lipinski definition) is 5. The van der Waals surface area contributed by atoms with Crippen molar-refractivity contribution in [2.24, 2.45) is 0 Å². The summed E-state index contributed by atoms with van der Waals surface area (Å²) in [4.78, 5) is 14.5. The standard InChI is InChI=1S/C19H28N2O4/c1-14(13-23-2)20-19(22)12-21-8-3-5-16(21)15-6-7-17-18(11-15)25-10-4-9-24-17/h6-7,11,14,16H,3-5,8-10,12-13H2,1-2H3,(H,20,22). The maximum absolute atomic E-state index is 12.3. The second-order valence-electron chi connectivity index (χ2n) is 6.81. The zero-order valence-corrected chi connectivity index (χ0v) is 15.1. The van der Waals surface area contributed by atoms with Crippen LogP contribution >= 0.6 is 0 Å². The topological polar surface area (TPSA) is 60.0 Å². The zero-order valence-electron chi connectivity index (χ0n) is 15.1. The van der Waals surface area contributed by atoms with Crippen LogP contribution in [0.4, 0.5) is 0 Å². The van der Waals surface area contributed by atoms with Gasteiger partial charge in [-0.25, -0.2) is 0 Å². The van der Waals surface area contributed by atoms with Gasteiger partial charge in [-0.05, 0) is 44.0 Å². The largest absolute Gasteiger partial charge is 0.490 e. The summed E-state index contributed by atoms with van der Waals surface area (Å²) in [6.07, 6.45) is 3.06. The molecule has 1 saturated heterocycles. The highest BCUT2D eigenvalue weighted by Crippen LogP contribution is 2.37. The molecular formula is C19H28N2O4. The number of hydrogen-bond donors (Lipinski definition) is 1. The molecule has 6 heteroatoms. The van der Waals surface area contributed by atoms with Crippen LogP contribution < -0.4 is 14.8 Å². The highest BCUT2D eigenvalue weighted by Gasteiger charge is 2.28. The SMILES string of the molecule is COCC(C)NC(=O)CN1CCCC1c1ccc2c(c1)OCCCO2. The minimum atomic E-state index is 0.0246. The van der Waals surface area contributed by atoms with Crippen molar-refractivity contribution in [3.05, 3.63) is 23.8 Å². The van der Waals surface area contributed by atoms with Crippen LogP contribution in [0.5, 0.6) is 11.5 Å². The summed E-state index contributed by atoms with van der Waals surface area (Å²) >= 11 is 0.